The molecule has 0 aromatic carbocycles. The summed E-state index contributed by atoms with van der Waals surface area (Å²) in [6, 6.07) is 0. The normalized spacial score (nSPS) is 44.3. The molecule has 2 aliphatic heterocycles. The van der Waals surface area contributed by atoms with Crippen LogP contribution in [0.1, 0.15) is 68.7 Å². The molecule has 8 nitrogen and oxygen atoms in total. The molecule has 0 N–H and O–H groups in total. The molecule has 0 aliphatic carbocycles. The fourth-order valence-electron chi connectivity index (χ4n) is 6.67. The molecule has 0 saturated carbocycles. The fourth-order valence-corrected chi connectivity index (χ4v) is 29.3. The summed E-state index contributed by atoms with van der Waals surface area (Å²) in [6.45, 7) is 43.6. The summed E-state index contributed by atoms with van der Waals surface area (Å²) in [4.78, 5) is 0. The average molecular weight is 699 g/mol. The maximum absolute atomic E-state index is 7.55. The van der Waals surface area contributed by atoms with Crippen LogP contribution in [0.5, 0.6) is 0 Å². The van der Waals surface area contributed by atoms with E-state index in [1.165, 1.54) is 0 Å². The van der Waals surface area contributed by atoms with Gasteiger partial charge < -0.3 is 33.9 Å². The monoisotopic (exact) mass is 698 g/mol. The molecule has 0 spiro atoms. The van der Waals surface area contributed by atoms with Crippen LogP contribution in [-0.4, -0.2) is 68.4 Å². The van der Waals surface area contributed by atoms with Gasteiger partial charge in [-0.2, -0.15) is 0 Å². The molecule has 14 heteroatoms. The Balaban J connectivity index is 3.08. The van der Waals surface area contributed by atoms with E-state index in [1.54, 1.807) is 0 Å². The average Bonchev–Trinajstić information content (AvgIpc) is 2.72. The number of fused-ring (bicyclic) bond motifs is 2. The van der Waals surface area contributed by atoms with E-state index in [2.05, 4.69) is 121 Å². The second-order valence-electron chi connectivity index (χ2n) is 17.0. The van der Waals surface area contributed by atoms with Crippen molar-refractivity contribution in [1.82, 2.24) is 0 Å². The van der Waals surface area contributed by atoms with E-state index in [4.69, 9.17) is 33.9 Å². The SMILES string of the molecule is CCC1(C)O[Si](C)(O[Si](C)(C)C)O[Si]2(O[Si](C)(C)C)OC(C)(C(C)C(C)C(C)(C)O[Si](C)(O[Si](C)(C)C)O2)C(C)C1C. The number of hydrogen-bond donors (Lipinski definition) is 0. The molecule has 0 aromatic heterocycles. The molecule has 42 heavy (non-hydrogen) atoms. The minimum absolute atomic E-state index is 0.0579. The molecule has 2 heterocycles. The summed E-state index contributed by atoms with van der Waals surface area (Å²) in [6.07, 6.45) is 0.809. The topological polar surface area (TPSA) is 73.8 Å². The maximum atomic E-state index is 7.55. The molecule has 2 aliphatic rings. The highest BCUT2D eigenvalue weighted by Gasteiger charge is 2.69. The second-order valence-corrected chi connectivity index (χ2v) is 38.8. The molecule has 0 aromatic rings. The van der Waals surface area contributed by atoms with Gasteiger partial charge in [-0.15, -0.1) is 0 Å². The van der Waals surface area contributed by atoms with Crippen molar-refractivity contribution in [3.8, 4) is 0 Å². The third-order valence-electron chi connectivity index (χ3n) is 9.32. The van der Waals surface area contributed by atoms with Gasteiger partial charge in [-0.05, 0) is 117 Å². The first-order valence-corrected chi connectivity index (χ1v) is 32.3. The molecule has 250 valence electrons. The largest absolute Gasteiger partial charge is 0.654 e. The molecule has 0 radical (unpaired) electrons. The van der Waals surface area contributed by atoms with Gasteiger partial charge in [-0.1, -0.05) is 34.6 Å². The van der Waals surface area contributed by atoms with Gasteiger partial charge in [-0.25, -0.2) is 0 Å². The lowest BCUT2D eigenvalue weighted by atomic mass is 9.64. The smallest absolute Gasteiger partial charge is 0.416 e. The molecule has 0 amide bonds. The van der Waals surface area contributed by atoms with Gasteiger partial charge >= 0.3 is 26.7 Å². The Morgan fingerprint density at radius 3 is 1.33 bits per heavy atom. The van der Waals surface area contributed by atoms with Gasteiger partial charge in [0.1, 0.15) is 0 Å². The van der Waals surface area contributed by atoms with Gasteiger partial charge in [0.05, 0.1) is 16.8 Å². The maximum Gasteiger partial charge on any atom is 0.654 e. The zero-order valence-corrected chi connectivity index (χ0v) is 36.8. The van der Waals surface area contributed by atoms with Crippen LogP contribution in [0.2, 0.25) is 72.0 Å². The lowest BCUT2D eigenvalue weighted by molar-refractivity contribution is -0.128. The first kappa shape index (κ1) is 39.2. The van der Waals surface area contributed by atoms with E-state index in [0.29, 0.717) is 0 Å². The van der Waals surface area contributed by atoms with E-state index in [-0.39, 0.29) is 23.7 Å². The highest BCUT2D eigenvalue weighted by atomic mass is 28.5. The van der Waals surface area contributed by atoms with E-state index in [0.717, 1.165) is 6.42 Å². The van der Waals surface area contributed by atoms with Crippen LogP contribution in [0.25, 0.3) is 0 Å². The third-order valence-corrected chi connectivity index (χ3v) is 28.0. The van der Waals surface area contributed by atoms with Crippen LogP contribution in [0.15, 0.2) is 0 Å². The number of hydrogen-bond acceptors (Lipinski definition) is 8. The van der Waals surface area contributed by atoms with Crippen LogP contribution >= 0.6 is 0 Å². The van der Waals surface area contributed by atoms with Gasteiger partial charge in [-0.3, -0.25) is 0 Å². The van der Waals surface area contributed by atoms with Crippen molar-refractivity contribution >= 4 is 51.6 Å². The summed E-state index contributed by atoms with van der Waals surface area (Å²) >= 11 is 0. The zero-order valence-electron chi connectivity index (χ0n) is 30.8. The van der Waals surface area contributed by atoms with Crippen LogP contribution in [-0.2, 0) is 33.9 Å². The number of rotatable bonds is 7. The lowest BCUT2D eigenvalue weighted by Crippen LogP contribution is -2.70. The Hall–Kier alpha value is 0.981. The molecular formula is C28H66O8Si6. The molecule has 2 bridgehead atoms. The standard InChI is InChI=1S/C28H66O8Si6/c1-21-27(8)23(3)25(5)28(9)24(4)22(2)26(6,7)29-40(19,32-37(10,11)12)35-42(31-28,34-39(16,17)18)36-41(20,30-27)33-38(13,14)15/h22-25H,21H2,1-20H3. The Morgan fingerprint density at radius 2 is 0.952 bits per heavy atom. The predicted molar refractivity (Wildman–Crippen MR) is 186 cm³/mol. The van der Waals surface area contributed by atoms with E-state index in [1.807, 2.05) is 13.1 Å². The van der Waals surface area contributed by atoms with Crippen molar-refractivity contribution in [1.29, 1.82) is 0 Å². The van der Waals surface area contributed by atoms with Crippen molar-refractivity contribution < 1.29 is 33.9 Å². The summed E-state index contributed by atoms with van der Waals surface area (Å²) in [7, 11) is -17.6. The Morgan fingerprint density at radius 1 is 0.571 bits per heavy atom. The van der Waals surface area contributed by atoms with Crippen LogP contribution in [0.3, 0.4) is 0 Å². The summed E-state index contributed by atoms with van der Waals surface area (Å²) in [5.74, 6) is 0.340. The molecule has 2 rings (SSSR count). The minimum atomic E-state index is -4.09. The summed E-state index contributed by atoms with van der Waals surface area (Å²) in [5, 5.41) is 0. The lowest BCUT2D eigenvalue weighted by Gasteiger charge is -2.51. The van der Waals surface area contributed by atoms with Crippen LogP contribution in [0, 0.1) is 23.7 Å². The van der Waals surface area contributed by atoms with E-state index < -0.39 is 68.4 Å². The first-order chi connectivity index (χ1) is 18.3. The Kier molecular flexibility index (Phi) is 11.4. The van der Waals surface area contributed by atoms with Crippen molar-refractivity contribution in [3.63, 3.8) is 0 Å². The van der Waals surface area contributed by atoms with Crippen LogP contribution in [0.4, 0.5) is 0 Å². The van der Waals surface area contributed by atoms with Crippen LogP contribution < -0.4 is 0 Å². The third kappa shape index (κ3) is 9.29. The molecule has 2 saturated heterocycles. The quantitative estimate of drug-likeness (QED) is 0.245. The molecule has 9 atom stereocenters. The van der Waals surface area contributed by atoms with Gasteiger partial charge in [0.25, 0.3) is 0 Å². The molecule has 9 unspecified atom stereocenters. The van der Waals surface area contributed by atoms with Crippen molar-refractivity contribution in [3.05, 3.63) is 0 Å². The second kappa shape index (κ2) is 12.2. The fraction of sp³-hybridized carbons (Fsp3) is 1.00. The molecule has 2 fully saturated rings. The van der Waals surface area contributed by atoms with Gasteiger partial charge in [0.2, 0.25) is 0 Å². The summed E-state index contributed by atoms with van der Waals surface area (Å²) in [5.41, 5.74) is -1.76. The zero-order chi connectivity index (χ0) is 33.2. The van der Waals surface area contributed by atoms with Gasteiger partial charge in [0.15, 0.2) is 25.0 Å². The van der Waals surface area contributed by atoms with Crippen molar-refractivity contribution in [2.75, 3.05) is 0 Å². The minimum Gasteiger partial charge on any atom is -0.416 e. The van der Waals surface area contributed by atoms with Crippen molar-refractivity contribution in [2.45, 2.75) is 158 Å². The highest BCUT2D eigenvalue weighted by molar-refractivity contribution is 6.88. The predicted octanol–water partition coefficient (Wildman–Crippen LogP) is 8.47. The first-order valence-electron chi connectivity index (χ1n) is 16.0. The van der Waals surface area contributed by atoms with Gasteiger partial charge in [0, 0.05) is 13.1 Å². The van der Waals surface area contributed by atoms with E-state index in [9.17, 15) is 0 Å². The summed E-state index contributed by atoms with van der Waals surface area (Å²) < 4.78 is 57.4. The Bertz CT molecular complexity index is 954. The van der Waals surface area contributed by atoms with Crippen molar-refractivity contribution in [2.24, 2.45) is 23.7 Å². The highest BCUT2D eigenvalue weighted by Crippen LogP contribution is 2.52. The molecular weight excluding hydrogens is 633 g/mol. The Labute approximate surface area is 265 Å². The van der Waals surface area contributed by atoms with E-state index >= 15 is 0 Å².